The van der Waals surface area contributed by atoms with E-state index in [1.807, 2.05) is 0 Å². The first-order valence-electron chi connectivity index (χ1n) is 6.30. The van der Waals surface area contributed by atoms with Crippen LogP contribution in [0.25, 0.3) is 0 Å². The zero-order chi connectivity index (χ0) is 12.0. The van der Waals surface area contributed by atoms with Crippen LogP contribution in [0.1, 0.15) is 70.4 Å². The number of nitrogens with zero attached hydrogens (tertiary/aromatic N) is 2. The Morgan fingerprint density at radius 1 is 1.12 bits per heavy atom. The molecule has 0 N–H and O–H groups in total. The zero-order valence-electron chi connectivity index (χ0n) is 10.9. The maximum Gasteiger partial charge on any atom is 0.180 e. The summed E-state index contributed by atoms with van der Waals surface area (Å²) in [4.78, 5) is 0. The number of rotatable bonds is 2. The van der Waals surface area contributed by atoms with Crippen molar-refractivity contribution in [3.63, 3.8) is 0 Å². The maximum atomic E-state index is 5.63. The molecule has 0 bridgehead atoms. The Bertz CT molecular complexity index is 451. The van der Waals surface area contributed by atoms with E-state index in [1.54, 1.807) is 0 Å². The second-order valence-corrected chi connectivity index (χ2v) is 5.85. The van der Waals surface area contributed by atoms with E-state index in [9.17, 15) is 0 Å². The van der Waals surface area contributed by atoms with Crippen LogP contribution in [-0.4, -0.2) is 9.13 Å². The first-order chi connectivity index (χ1) is 7.45. The smallest absolute Gasteiger partial charge is 0.180 e. The van der Waals surface area contributed by atoms with Crippen LogP contribution in [-0.2, 0) is 6.42 Å². The largest absolute Gasteiger partial charge is 0.318 e. The predicted octanol–water partition coefficient (Wildman–Crippen LogP) is 4.23. The highest BCUT2D eigenvalue weighted by atomic mass is 32.1. The van der Waals surface area contributed by atoms with E-state index >= 15 is 0 Å². The Morgan fingerprint density at radius 2 is 1.69 bits per heavy atom. The van der Waals surface area contributed by atoms with Crippen LogP contribution in [0.5, 0.6) is 0 Å². The van der Waals surface area contributed by atoms with Crippen LogP contribution in [0.4, 0.5) is 0 Å². The van der Waals surface area contributed by atoms with Crippen molar-refractivity contribution in [1.29, 1.82) is 0 Å². The van der Waals surface area contributed by atoms with Crippen molar-refractivity contribution < 1.29 is 0 Å². The van der Waals surface area contributed by atoms with Crippen LogP contribution in [0.15, 0.2) is 0 Å². The van der Waals surface area contributed by atoms with Gasteiger partial charge in [-0.1, -0.05) is 6.92 Å². The topological polar surface area (TPSA) is 9.86 Å². The number of hydrogen-bond donors (Lipinski definition) is 0. The van der Waals surface area contributed by atoms with Gasteiger partial charge in [-0.05, 0) is 58.7 Å². The monoisotopic (exact) mass is 238 g/mol. The number of aromatic nitrogens is 2. The average molecular weight is 238 g/mol. The molecule has 0 aliphatic heterocycles. The number of fused-ring (bicyclic) bond motifs is 1. The van der Waals surface area contributed by atoms with Gasteiger partial charge >= 0.3 is 0 Å². The Hall–Kier alpha value is -0.570. The first-order valence-corrected chi connectivity index (χ1v) is 6.71. The van der Waals surface area contributed by atoms with Crippen molar-refractivity contribution >= 4 is 12.2 Å². The van der Waals surface area contributed by atoms with Crippen molar-refractivity contribution in [3.05, 3.63) is 16.2 Å². The van der Waals surface area contributed by atoms with Gasteiger partial charge in [0.2, 0.25) is 0 Å². The summed E-state index contributed by atoms with van der Waals surface area (Å²) in [5.74, 6) is 0.666. The third-order valence-electron chi connectivity index (χ3n) is 3.57. The summed E-state index contributed by atoms with van der Waals surface area (Å²) in [5.41, 5.74) is 2.98. The molecule has 0 fully saturated rings. The minimum absolute atomic E-state index is 0.474. The molecule has 16 heavy (non-hydrogen) atoms. The van der Waals surface area contributed by atoms with Crippen LogP contribution >= 0.6 is 12.2 Å². The molecule has 1 heterocycles. The molecule has 1 aliphatic carbocycles. The molecule has 1 aromatic heterocycles. The standard InChI is InChI=1S/C13H22N2S/c1-8(2)14-11-7-6-10(5)12(11)15(9(3)4)13(14)16/h8-10H,6-7H2,1-5H3/t10-/m0/s1. The van der Waals surface area contributed by atoms with Crippen LogP contribution in [0.3, 0.4) is 0 Å². The van der Waals surface area contributed by atoms with E-state index in [4.69, 9.17) is 12.2 Å². The lowest BCUT2D eigenvalue weighted by Gasteiger charge is -2.14. The fourth-order valence-corrected chi connectivity index (χ4v) is 3.52. The molecule has 0 unspecified atom stereocenters. The van der Waals surface area contributed by atoms with Gasteiger partial charge in [0.15, 0.2) is 4.77 Å². The Kier molecular flexibility index (Phi) is 2.99. The molecule has 0 spiro atoms. The molecule has 0 aromatic carbocycles. The minimum Gasteiger partial charge on any atom is -0.318 e. The van der Waals surface area contributed by atoms with Gasteiger partial charge in [-0.25, -0.2) is 0 Å². The van der Waals surface area contributed by atoms with E-state index in [0.29, 0.717) is 18.0 Å². The SMILES string of the molecule is CC(C)n1c2c(n(C(C)C)c1=S)[C@@H](C)CC2. The normalized spacial score (nSPS) is 19.8. The molecule has 0 saturated heterocycles. The van der Waals surface area contributed by atoms with E-state index in [2.05, 4.69) is 43.8 Å². The quantitative estimate of drug-likeness (QED) is 0.701. The summed E-state index contributed by atoms with van der Waals surface area (Å²) in [5, 5.41) is 0. The number of imidazole rings is 1. The lowest BCUT2D eigenvalue weighted by atomic mass is 10.1. The maximum absolute atomic E-state index is 5.63. The molecule has 1 atom stereocenters. The summed E-state index contributed by atoms with van der Waals surface area (Å²) >= 11 is 5.63. The highest BCUT2D eigenvalue weighted by Gasteiger charge is 2.29. The van der Waals surface area contributed by atoms with Gasteiger partial charge in [-0.15, -0.1) is 0 Å². The molecule has 1 aliphatic rings. The molecular weight excluding hydrogens is 216 g/mol. The highest BCUT2D eigenvalue weighted by molar-refractivity contribution is 7.71. The van der Waals surface area contributed by atoms with Crippen molar-refractivity contribution in [1.82, 2.24) is 9.13 Å². The van der Waals surface area contributed by atoms with E-state index in [0.717, 1.165) is 4.77 Å². The highest BCUT2D eigenvalue weighted by Crippen LogP contribution is 2.37. The molecule has 0 saturated carbocycles. The molecule has 0 amide bonds. The first kappa shape index (κ1) is 11.9. The van der Waals surface area contributed by atoms with Crippen molar-refractivity contribution in [3.8, 4) is 0 Å². The summed E-state index contributed by atoms with van der Waals surface area (Å²) in [6.45, 7) is 11.2. The lowest BCUT2D eigenvalue weighted by Crippen LogP contribution is -2.09. The summed E-state index contributed by atoms with van der Waals surface area (Å²) in [7, 11) is 0. The molecular formula is C13H22N2S. The number of hydrogen-bond acceptors (Lipinski definition) is 1. The molecule has 3 heteroatoms. The summed E-state index contributed by atoms with van der Waals surface area (Å²) in [6.07, 6.45) is 2.47. The summed E-state index contributed by atoms with van der Waals surface area (Å²) in [6, 6.07) is 0.952. The van der Waals surface area contributed by atoms with E-state index < -0.39 is 0 Å². The third kappa shape index (κ3) is 1.56. The second kappa shape index (κ2) is 4.02. The van der Waals surface area contributed by atoms with E-state index in [-0.39, 0.29) is 0 Å². The molecule has 2 rings (SSSR count). The molecule has 1 aromatic rings. The van der Waals surface area contributed by atoms with Crippen LogP contribution in [0, 0.1) is 4.77 Å². The van der Waals surface area contributed by atoms with Gasteiger partial charge < -0.3 is 9.13 Å². The lowest BCUT2D eigenvalue weighted by molar-refractivity contribution is 0.505. The average Bonchev–Trinajstić information content (AvgIpc) is 2.63. The van der Waals surface area contributed by atoms with Gasteiger partial charge in [0.25, 0.3) is 0 Å². The van der Waals surface area contributed by atoms with Gasteiger partial charge in [-0.2, -0.15) is 0 Å². The van der Waals surface area contributed by atoms with Crippen molar-refractivity contribution in [2.75, 3.05) is 0 Å². The fourth-order valence-electron chi connectivity index (χ4n) is 2.89. The van der Waals surface area contributed by atoms with Gasteiger partial charge in [0.05, 0.1) is 0 Å². The van der Waals surface area contributed by atoms with Crippen molar-refractivity contribution in [2.45, 2.75) is 65.5 Å². The predicted molar refractivity (Wildman–Crippen MR) is 70.8 cm³/mol. The third-order valence-corrected chi connectivity index (χ3v) is 3.97. The van der Waals surface area contributed by atoms with Gasteiger partial charge in [0, 0.05) is 23.5 Å². The van der Waals surface area contributed by atoms with Crippen LogP contribution < -0.4 is 0 Å². The minimum atomic E-state index is 0.474. The summed E-state index contributed by atoms with van der Waals surface area (Å²) < 4.78 is 5.73. The van der Waals surface area contributed by atoms with Gasteiger partial charge in [-0.3, -0.25) is 0 Å². The second-order valence-electron chi connectivity index (χ2n) is 5.48. The fraction of sp³-hybridized carbons (Fsp3) is 0.769. The van der Waals surface area contributed by atoms with Gasteiger partial charge in [0.1, 0.15) is 0 Å². The molecule has 2 nitrogen and oxygen atoms in total. The Labute approximate surface area is 103 Å². The molecule has 90 valence electrons. The Morgan fingerprint density at radius 3 is 2.19 bits per heavy atom. The zero-order valence-corrected chi connectivity index (χ0v) is 11.8. The van der Waals surface area contributed by atoms with Crippen molar-refractivity contribution in [2.24, 2.45) is 0 Å². The van der Waals surface area contributed by atoms with Crippen LogP contribution in [0.2, 0.25) is 0 Å². The molecule has 0 radical (unpaired) electrons. The van der Waals surface area contributed by atoms with E-state index in [1.165, 1.54) is 24.2 Å². The Balaban J connectivity index is 2.72.